The van der Waals surface area contributed by atoms with E-state index in [1.54, 1.807) is 48.5 Å². The average molecular weight is 378 g/mol. The van der Waals surface area contributed by atoms with Crippen LogP contribution in [0.5, 0.6) is 0 Å². The Morgan fingerprint density at radius 2 is 1.64 bits per heavy atom. The van der Waals surface area contributed by atoms with Gasteiger partial charge in [-0.25, -0.2) is 14.8 Å². The minimum absolute atomic E-state index is 0.163. The lowest BCUT2D eigenvalue weighted by Crippen LogP contribution is -2.30. The third-order valence-electron chi connectivity index (χ3n) is 3.80. The number of methoxy groups -OCH3 is 1. The maximum Gasteiger partial charge on any atom is 0.339 e. The van der Waals surface area contributed by atoms with Crippen molar-refractivity contribution in [2.45, 2.75) is 0 Å². The fraction of sp³-hybridized carbons (Fsp3) is 0.0526. The van der Waals surface area contributed by atoms with E-state index < -0.39 is 5.97 Å². The molecule has 0 aliphatic rings. The van der Waals surface area contributed by atoms with Crippen LogP contribution in [-0.4, -0.2) is 29.0 Å². The molecule has 9 heteroatoms. The summed E-state index contributed by atoms with van der Waals surface area (Å²) in [6.07, 6.45) is 1.27. The number of carbonyl (C=O) groups is 2. The van der Waals surface area contributed by atoms with Crippen LogP contribution in [0.1, 0.15) is 20.7 Å². The van der Waals surface area contributed by atoms with E-state index in [1.807, 2.05) is 6.07 Å². The summed E-state index contributed by atoms with van der Waals surface area (Å²) < 4.78 is 4.77. The van der Waals surface area contributed by atoms with Crippen molar-refractivity contribution in [3.05, 3.63) is 72.1 Å². The minimum Gasteiger partial charge on any atom is -0.465 e. The molecular weight excluding hydrogens is 360 g/mol. The number of nitrogens with zero attached hydrogens (tertiary/aromatic N) is 2. The molecule has 0 aliphatic heterocycles. The van der Waals surface area contributed by atoms with Crippen LogP contribution in [0.2, 0.25) is 0 Å². The summed E-state index contributed by atoms with van der Waals surface area (Å²) in [6.45, 7) is 0. The van der Waals surface area contributed by atoms with E-state index in [0.29, 0.717) is 16.8 Å². The Morgan fingerprint density at radius 1 is 0.964 bits per heavy atom. The lowest BCUT2D eigenvalue weighted by atomic mass is 10.2. The number of ether oxygens (including phenoxy) is 1. The second-order valence-corrected chi connectivity index (χ2v) is 5.59. The largest absolute Gasteiger partial charge is 0.465 e. The number of carbonyl (C=O) groups excluding carboxylic acids is 2. The van der Waals surface area contributed by atoms with Crippen molar-refractivity contribution in [1.82, 2.24) is 15.4 Å². The topological polar surface area (TPSA) is 131 Å². The molecule has 142 valence electrons. The molecule has 1 amide bonds. The second-order valence-electron chi connectivity index (χ2n) is 5.59. The predicted octanol–water partition coefficient (Wildman–Crippen LogP) is 2.35. The fourth-order valence-corrected chi connectivity index (χ4v) is 2.38. The average Bonchev–Trinajstić information content (AvgIpc) is 2.74. The molecule has 5 N–H and O–H groups in total. The number of hydrazine groups is 1. The highest BCUT2D eigenvalue weighted by atomic mass is 16.5. The molecule has 0 radical (unpaired) electrons. The first-order chi connectivity index (χ1) is 13.6. The van der Waals surface area contributed by atoms with Gasteiger partial charge in [0.05, 0.1) is 18.4 Å². The lowest BCUT2D eigenvalue weighted by molar-refractivity contribution is 0.0601. The number of benzene rings is 2. The van der Waals surface area contributed by atoms with Gasteiger partial charge in [-0.3, -0.25) is 15.6 Å². The molecule has 3 rings (SSSR count). The molecular formula is C19H18N6O3. The molecule has 0 unspecified atom stereocenters. The number of nitrogen functional groups attached to an aromatic ring is 1. The third-order valence-corrected chi connectivity index (χ3v) is 3.80. The Bertz CT molecular complexity index is 994. The molecule has 9 nitrogen and oxygen atoms in total. The van der Waals surface area contributed by atoms with Gasteiger partial charge in [0.25, 0.3) is 5.91 Å². The van der Waals surface area contributed by atoms with Crippen molar-refractivity contribution >= 4 is 34.9 Å². The van der Waals surface area contributed by atoms with Crippen LogP contribution < -0.4 is 21.9 Å². The van der Waals surface area contributed by atoms with E-state index in [4.69, 9.17) is 10.5 Å². The third kappa shape index (κ3) is 4.15. The standard InChI is InChI=1S/C19H18N6O3/c1-28-19(27)13-9-5-6-10-14(13)23-16-15(20)17(22-11-21-16)24-25-18(26)12-7-3-2-4-8-12/h2-11H,20H2,1H3,(H,25,26)(H2,21,22,23,24). The van der Waals surface area contributed by atoms with E-state index >= 15 is 0 Å². The number of hydrogen-bond acceptors (Lipinski definition) is 8. The number of anilines is 4. The predicted molar refractivity (Wildman–Crippen MR) is 105 cm³/mol. The van der Waals surface area contributed by atoms with Gasteiger partial charge in [-0.05, 0) is 24.3 Å². The van der Waals surface area contributed by atoms with Gasteiger partial charge in [0.1, 0.15) is 12.0 Å². The molecule has 0 atom stereocenters. The molecule has 1 aromatic heterocycles. The highest BCUT2D eigenvalue weighted by molar-refractivity contribution is 5.97. The lowest BCUT2D eigenvalue weighted by Gasteiger charge is -2.14. The zero-order chi connectivity index (χ0) is 19.9. The Balaban J connectivity index is 1.77. The number of rotatable bonds is 6. The molecule has 0 saturated carbocycles. The second kappa shape index (κ2) is 8.49. The zero-order valence-electron chi connectivity index (χ0n) is 15.0. The number of aromatic nitrogens is 2. The summed E-state index contributed by atoms with van der Waals surface area (Å²) in [7, 11) is 1.30. The monoisotopic (exact) mass is 378 g/mol. The van der Waals surface area contributed by atoms with Crippen LogP contribution in [0.3, 0.4) is 0 Å². The number of para-hydroxylation sites is 1. The van der Waals surface area contributed by atoms with Gasteiger partial charge < -0.3 is 15.8 Å². The van der Waals surface area contributed by atoms with Gasteiger partial charge in [-0.1, -0.05) is 30.3 Å². The molecule has 0 fully saturated rings. The van der Waals surface area contributed by atoms with Crippen molar-refractivity contribution in [2.75, 3.05) is 23.6 Å². The number of nitrogens with two attached hydrogens (primary N) is 1. The summed E-state index contributed by atoms with van der Waals surface area (Å²) in [5.74, 6) is -0.367. The van der Waals surface area contributed by atoms with Gasteiger partial charge in [0.15, 0.2) is 11.6 Å². The number of hydrogen-bond donors (Lipinski definition) is 4. The fourth-order valence-electron chi connectivity index (χ4n) is 2.38. The molecule has 1 heterocycles. The SMILES string of the molecule is COC(=O)c1ccccc1Nc1ncnc(NNC(=O)c2ccccc2)c1N. The van der Waals surface area contributed by atoms with E-state index in [0.717, 1.165) is 0 Å². The number of nitrogens with one attached hydrogen (secondary N) is 3. The summed E-state index contributed by atoms with van der Waals surface area (Å²) in [4.78, 5) is 32.2. The molecule has 0 saturated heterocycles. The van der Waals surface area contributed by atoms with E-state index in [1.165, 1.54) is 13.4 Å². The molecule has 0 aliphatic carbocycles. The van der Waals surface area contributed by atoms with Gasteiger partial charge >= 0.3 is 5.97 Å². The van der Waals surface area contributed by atoms with Crippen molar-refractivity contribution < 1.29 is 14.3 Å². The van der Waals surface area contributed by atoms with Crippen LogP contribution in [0, 0.1) is 0 Å². The first-order valence-electron chi connectivity index (χ1n) is 8.26. The molecule has 0 spiro atoms. The Kier molecular flexibility index (Phi) is 5.66. The first kappa shape index (κ1) is 18.6. The first-order valence-corrected chi connectivity index (χ1v) is 8.26. The maximum absolute atomic E-state index is 12.1. The molecule has 2 aromatic carbocycles. The summed E-state index contributed by atoms with van der Waals surface area (Å²) in [5.41, 5.74) is 12.7. The van der Waals surface area contributed by atoms with Gasteiger partial charge in [-0.15, -0.1) is 0 Å². The Morgan fingerprint density at radius 3 is 2.39 bits per heavy atom. The normalized spacial score (nSPS) is 10.0. The molecule has 3 aromatic rings. The minimum atomic E-state index is -0.496. The maximum atomic E-state index is 12.1. The quantitative estimate of drug-likeness (QED) is 0.380. The van der Waals surface area contributed by atoms with Crippen LogP contribution in [0.15, 0.2) is 60.9 Å². The number of esters is 1. The van der Waals surface area contributed by atoms with E-state index in [2.05, 4.69) is 26.1 Å². The zero-order valence-corrected chi connectivity index (χ0v) is 15.0. The summed E-state index contributed by atoms with van der Waals surface area (Å²) in [6, 6.07) is 15.5. The van der Waals surface area contributed by atoms with Gasteiger partial charge in [0.2, 0.25) is 0 Å². The molecule has 28 heavy (non-hydrogen) atoms. The van der Waals surface area contributed by atoms with Crippen molar-refractivity contribution in [3.63, 3.8) is 0 Å². The van der Waals surface area contributed by atoms with Crippen LogP contribution >= 0.6 is 0 Å². The summed E-state index contributed by atoms with van der Waals surface area (Å²) >= 11 is 0. The van der Waals surface area contributed by atoms with E-state index in [9.17, 15) is 9.59 Å². The van der Waals surface area contributed by atoms with Crippen LogP contribution in [-0.2, 0) is 4.74 Å². The van der Waals surface area contributed by atoms with Crippen LogP contribution in [0.4, 0.5) is 23.0 Å². The van der Waals surface area contributed by atoms with Crippen molar-refractivity contribution in [3.8, 4) is 0 Å². The van der Waals surface area contributed by atoms with E-state index in [-0.39, 0.29) is 23.2 Å². The highest BCUT2D eigenvalue weighted by Gasteiger charge is 2.15. The smallest absolute Gasteiger partial charge is 0.339 e. The number of amides is 1. The van der Waals surface area contributed by atoms with Crippen LogP contribution in [0.25, 0.3) is 0 Å². The van der Waals surface area contributed by atoms with Gasteiger partial charge in [0, 0.05) is 5.56 Å². The Hall–Kier alpha value is -4.14. The Labute approximate surface area is 160 Å². The summed E-state index contributed by atoms with van der Waals surface area (Å²) in [5, 5.41) is 2.99. The van der Waals surface area contributed by atoms with Gasteiger partial charge in [-0.2, -0.15) is 0 Å². The highest BCUT2D eigenvalue weighted by Crippen LogP contribution is 2.27. The van der Waals surface area contributed by atoms with Crippen molar-refractivity contribution in [2.24, 2.45) is 0 Å². The van der Waals surface area contributed by atoms with Crippen molar-refractivity contribution in [1.29, 1.82) is 0 Å². The molecule has 0 bridgehead atoms.